The van der Waals surface area contributed by atoms with Crippen molar-refractivity contribution in [1.29, 1.82) is 0 Å². The summed E-state index contributed by atoms with van der Waals surface area (Å²) in [5.74, 6) is 1.43. The highest BCUT2D eigenvalue weighted by molar-refractivity contribution is 6.11. The smallest absolute Gasteiger partial charge is 0.269 e. The van der Waals surface area contributed by atoms with E-state index in [9.17, 15) is 10.1 Å². The van der Waals surface area contributed by atoms with Gasteiger partial charge in [0.15, 0.2) is 18.0 Å². The molecule has 1 aliphatic heterocycles. The number of nitro groups is 1. The Labute approximate surface area is 175 Å². The summed E-state index contributed by atoms with van der Waals surface area (Å²) in [7, 11) is 3.29. The molecule has 6 heteroatoms. The van der Waals surface area contributed by atoms with Crippen LogP contribution in [-0.4, -0.2) is 36.0 Å². The summed E-state index contributed by atoms with van der Waals surface area (Å²) in [6.45, 7) is 1.50. The van der Waals surface area contributed by atoms with E-state index < -0.39 is 0 Å². The molecule has 3 aromatic carbocycles. The molecule has 4 rings (SSSR count). The Morgan fingerprint density at radius 3 is 2.27 bits per heavy atom. The third kappa shape index (κ3) is 3.76. The van der Waals surface area contributed by atoms with E-state index in [-0.39, 0.29) is 10.6 Å². The standard InChI is InChI=1S/C24H23N2O4/c1-29-22-14-19-12-13-25(16-17-8-10-20(11-9-17)26(27)28)24(18-6-4-3-5-7-18)21(19)15-23(22)30-2/h3-11,14-15H,12-13,16H2,1-2H3/q+1. The Hall–Kier alpha value is -3.67. The molecular weight excluding hydrogens is 380 g/mol. The molecule has 0 fully saturated rings. The molecule has 30 heavy (non-hydrogen) atoms. The van der Waals surface area contributed by atoms with Gasteiger partial charge in [0.25, 0.3) is 5.69 Å². The zero-order chi connectivity index (χ0) is 21.1. The van der Waals surface area contributed by atoms with E-state index in [0.29, 0.717) is 12.3 Å². The number of methoxy groups -OCH3 is 2. The molecule has 0 saturated carbocycles. The van der Waals surface area contributed by atoms with Crippen molar-refractivity contribution in [2.75, 3.05) is 20.8 Å². The van der Waals surface area contributed by atoms with E-state index in [1.54, 1.807) is 26.4 Å². The van der Waals surface area contributed by atoms with Crippen LogP contribution in [0.5, 0.6) is 11.5 Å². The number of benzene rings is 3. The van der Waals surface area contributed by atoms with Crippen LogP contribution in [0.4, 0.5) is 5.69 Å². The van der Waals surface area contributed by atoms with Crippen LogP contribution >= 0.6 is 0 Å². The zero-order valence-electron chi connectivity index (χ0n) is 17.0. The number of ether oxygens (including phenoxy) is 2. The van der Waals surface area contributed by atoms with Gasteiger partial charge in [0, 0.05) is 29.7 Å². The van der Waals surface area contributed by atoms with Gasteiger partial charge in [-0.2, -0.15) is 0 Å². The van der Waals surface area contributed by atoms with E-state index in [1.165, 1.54) is 5.56 Å². The molecule has 0 aliphatic carbocycles. The highest BCUT2D eigenvalue weighted by atomic mass is 16.6. The van der Waals surface area contributed by atoms with Gasteiger partial charge in [-0.05, 0) is 42.0 Å². The summed E-state index contributed by atoms with van der Waals surface area (Å²) in [5, 5.41) is 11.0. The molecule has 1 aliphatic rings. The van der Waals surface area contributed by atoms with Crippen molar-refractivity contribution in [3.63, 3.8) is 0 Å². The van der Waals surface area contributed by atoms with Gasteiger partial charge in [-0.15, -0.1) is 0 Å². The molecule has 1 heterocycles. The van der Waals surface area contributed by atoms with E-state index in [0.717, 1.165) is 41.1 Å². The third-order valence-electron chi connectivity index (χ3n) is 5.40. The molecule has 152 valence electrons. The topological polar surface area (TPSA) is 64.6 Å². The fourth-order valence-corrected chi connectivity index (χ4v) is 3.92. The quantitative estimate of drug-likeness (QED) is 0.351. The number of nitrogens with zero attached hydrogens (tertiary/aromatic N) is 2. The molecule has 0 bridgehead atoms. The lowest BCUT2D eigenvalue weighted by molar-refractivity contribution is -0.544. The number of non-ortho nitro benzene ring substituents is 1. The van der Waals surface area contributed by atoms with Crippen LogP contribution in [0, 0.1) is 10.1 Å². The van der Waals surface area contributed by atoms with Crippen molar-refractivity contribution in [2.45, 2.75) is 13.0 Å². The van der Waals surface area contributed by atoms with Gasteiger partial charge in [0.05, 0.1) is 24.7 Å². The van der Waals surface area contributed by atoms with Gasteiger partial charge < -0.3 is 9.47 Å². The van der Waals surface area contributed by atoms with Gasteiger partial charge >= 0.3 is 0 Å². The Balaban J connectivity index is 1.83. The Bertz CT molecular complexity index is 1110. The monoisotopic (exact) mass is 403 g/mol. The number of rotatable bonds is 6. The van der Waals surface area contributed by atoms with Gasteiger partial charge in [-0.1, -0.05) is 18.2 Å². The Morgan fingerprint density at radius 1 is 0.967 bits per heavy atom. The van der Waals surface area contributed by atoms with Crippen molar-refractivity contribution in [1.82, 2.24) is 0 Å². The molecular formula is C24H23N2O4+. The second-order valence-electron chi connectivity index (χ2n) is 7.17. The largest absolute Gasteiger partial charge is 0.493 e. The highest BCUT2D eigenvalue weighted by Crippen LogP contribution is 2.34. The average molecular weight is 403 g/mol. The SMILES string of the molecule is COc1cc2c(cc1OC)C(c1ccccc1)=[N+](Cc1ccc([N+](=O)[O-])cc1)CC2. The van der Waals surface area contributed by atoms with E-state index in [1.807, 2.05) is 36.4 Å². The van der Waals surface area contributed by atoms with Gasteiger partial charge in [0.2, 0.25) is 5.71 Å². The molecule has 0 spiro atoms. The van der Waals surface area contributed by atoms with E-state index >= 15 is 0 Å². The molecule has 0 saturated heterocycles. The van der Waals surface area contributed by atoms with Crippen LogP contribution in [0.2, 0.25) is 0 Å². The second-order valence-corrected chi connectivity index (χ2v) is 7.17. The lowest BCUT2D eigenvalue weighted by Crippen LogP contribution is -2.30. The van der Waals surface area contributed by atoms with Gasteiger partial charge in [-0.3, -0.25) is 10.1 Å². The van der Waals surface area contributed by atoms with Crippen LogP contribution in [0.1, 0.15) is 22.3 Å². The predicted molar refractivity (Wildman–Crippen MR) is 115 cm³/mol. The zero-order valence-corrected chi connectivity index (χ0v) is 17.0. The highest BCUT2D eigenvalue weighted by Gasteiger charge is 2.29. The third-order valence-corrected chi connectivity index (χ3v) is 5.40. The van der Waals surface area contributed by atoms with Crippen molar-refractivity contribution < 1.29 is 19.0 Å². The maximum atomic E-state index is 11.0. The van der Waals surface area contributed by atoms with Crippen LogP contribution in [0.25, 0.3) is 0 Å². The first kappa shape index (κ1) is 19.6. The van der Waals surface area contributed by atoms with Crippen molar-refractivity contribution in [2.24, 2.45) is 0 Å². The minimum Gasteiger partial charge on any atom is -0.493 e. The Morgan fingerprint density at radius 2 is 1.63 bits per heavy atom. The second kappa shape index (κ2) is 8.37. The van der Waals surface area contributed by atoms with Crippen LogP contribution in [0.3, 0.4) is 0 Å². The van der Waals surface area contributed by atoms with Crippen molar-refractivity contribution in [3.8, 4) is 11.5 Å². The van der Waals surface area contributed by atoms with Crippen LogP contribution in [-0.2, 0) is 13.0 Å². The molecule has 0 amide bonds. The van der Waals surface area contributed by atoms with Gasteiger partial charge in [0.1, 0.15) is 6.54 Å². The maximum Gasteiger partial charge on any atom is 0.269 e. The fraction of sp³-hybridized carbons (Fsp3) is 0.208. The molecule has 0 radical (unpaired) electrons. The number of hydrogen-bond donors (Lipinski definition) is 0. The summed E-state index contributed by atoms with van der Waals surface area (Å²) in [5.41, 5.74) is 5.70. The summed E-state index contributed by atoms with van der Waals surface area (Å²) in [6, 6.07) is 21.1. The summed E-state index contributed by atoms with van der Waals surface area (Å²) in [4.78, 5) is 10.6. The van der Waals surface area contributed by atoms with Crippen LogP contribution in [0.15, 0.2) is 66.7 Å². The maximum absolute atomic E-state index is 11.0. The normalized spacial score (nSPS) is 13.0. The van der Waals surface area contributed by atoms with E-state index in [4.69, 9.17) is 9.47 Å². The minimum absolute atomic E-state index is 0.104. The Kier molecular flexibility index (Phi) is 5.48. The first-order chi connectivity index (χ1) is 14.6. The first-order valence-electron chi connectivity index (χ1n) is 9.76. The summed E-state index contributed by atoms with van der Waals surface area (Å²) >= 11 is 0. The van der Waals surface area contributed by atoms with Crippen LogP contribution < -0.4 is 9.47 Å². The average Bonchev–Trinajstić information content (AvgIpc) is 2.79. The number of hydrogen-bond acceptors (Lipinski definition) is 4. The number of nitro benzene ring substituents is 1. The fourth-order valence-electron chi connectivity index (χ4n) is 3.92. The lowest BCUT2D eigenvalue weighted by atomic mass is 9.91. The van der Waals surface area contributed by atoms with Crippen molar-refractivity contribution >= 4 is 11.4 Å². The molecule has 0 aromatic heterocycles. The molecule has 0 unspecified atom stereocenters. The first-order valence-corrected chi connectivity index (χ1v) is 9.76. The van der Waals surface area contributed by atoms with E-state index in [2.05, 4.69) is 22.8 Å². The molecule has 0 N–H and O–H groups in total. The molecule has 3 aromatic rings. The molecule has 6 nitrogen and oxygen atoms in total. The number of fused-ring (bicyclic) bond motifs is 1. The molecule has 0 atom stereocenters. The van der Waals surface area contributed by atoms with Gasteiger partial charge in [-0.25, -0.2) is 4.58 Å². The summed E-state index contributed by atoms with van der Waals surface area (Å²) in [6.07, 6.45) is 0.874. The lowest BCUT2D eigenvalue weighted by Gasteiger charge is -2.21. The summed E-state index contributed by atoms with van der Waals surface area (Å²) < 4.78 is 13.4. The predicted octanol–water partition coefficient (Wildman–Crippen LogP) is 4.22. The van der Waals surface area contributed by atoms with Crippen molar-refractivity contribution in [3.05, 3.63) is 99.1 Å². The minimum atomic E-state index is -0.373.